The second-order valence-electron chi connectivity index (χ2n) is 5.70. The number of ether oxygens (including phenoxy) is 1. The third-order valence-electron chi connectivity index (χ3n) is 3.96. The minimum absolute atomic E-state index is 0. The first-order valence-electron chi connectivity index (χ1n) is 8.26. The predicted octanol–water partition coefficient (Wildman–Crippen LogP) is 2.34. The molecule has 0 saturated carbocycles. The SMILES string of the molecule is COC(CN)CC(=O)NCc1nccn1CCCc1ccccc1.Cl.Cl. The summed E-state index contributed by atoms with van der Waals surface area (Å²) in [4.78, 5) is 16.2. The number of hydrogen-bond donors (Lipinski definition) is 2. The maximum Gasteiger partial charge on any atom is 0.223 e. The Morgan fingerprint density at radius 1 is 1.31 bits per heavy atom. The molecule has 1 aromatic carbocycles. The van der Waals surface area contributed by atoms with Gasteiger partial charge in [-0.1, -0.05) is 30.3 Å². The normalized spacial score (nSPS) is 11.2. The topological polar surface area (TPSA) is 82.2 Å². The summed E-state index contributed by atoms with van der Waals surface area (Å²) in [6.07, 6.45) is 5.79. The molecule has 6 nitrogen and oxygen atoms in total. The van der Waals surface area contributed by atoms with E-state index in [4.69, 9.17) is 10.5 Å². The van der Waals surface area contributed by atoms with Gasteiger partial charge in [0, 0.05) is 32.6 Å². The Labute approximate surface area is 167 Å². The molecule has 3 N–H and O–H groups in total. The van der Waals surface area contributed by atoms with Crippen molar-refractivity contribution in [3.63, 3.8) is 0 Å². The molecule has 1 amide bonds. The molecule has 0 radical (unpaired) electrons. The monoisotopic (exact) mass is 402 g/mol. The standard InChI is InChI=1S/C18H26N4O2.2ClH/c1-24-16(13-19)12-18(23)21-14-17-20-9-11-22(17)10-5-8-15-6-3-2-4-7-15;;/h2-4,6-7,9,11,16H,5,8,10,12-14,19H2,1H3,(H,21,23);2*1H. The van der Waals surface area contributed by atoms with Crippen LogP contribution in [-0.4, -0.2) is 35.2 Å². The summed E-state index contributed by atoms with van der Waals surface area (Å²) in [6.45, 7) is 1.62. The Morgan fingerprint density at radius 2 is 2.04 bits per heavy atom. The van der Waals surface area contributed by atoms with Crippen molar-refractivity contribution >= 4 is 30.7 Å². The Morgan fingerprint density at radius 3 is 2.69 bits per heavy atom. The number of nitrogens with zero attached hydrogens (tertiary/aromatic N) is 2. The highest BCUT2D eigenvalue weighted by Crippen LogP contribution is 2.06. The van der Waals surface area contributed by atoms with E-state index in [9.17, 15) is 4.79 Å². The van der Waals surface area contributed by atoms with E-state index in [1.54, 1.807) is 13.3 Å². The minimum atomic E-state index is -0.240. The quantitative estimate of drug-likeness (QED) is 0.638. The van der Waals surface area contributed by atoms with Crippen LogP contribution in [-0.2, 0) is 29.0 Å². The van der Waals surface area contributed by atoms with Gasteiger partial charge in [-0.15, -0.1) is 24.8 Å². The molecule has 0 saturated heterocycles. The van der Waals surface area contributed by atoms with Gasteiger partial charge in [0.1, 0.15) is 5.82 Å². The molecule has 1 aromatic heterocycles. The van der Waals surface area contributed by atoms with E-state index in [0.717, 1.165) is 25.2 Å². The lowest BCUT2D eigenvalue weighted by Gasteiger charge is -2.13. The first-order chi connectivity index (χ1) is 11.7. The molecule has 2 aromatic rings. The summed E-state index contributed by atoms with van der Waals surface area (Å²) in [5, 5.41) is 2.87. The smallest absolute Gasteiger partial charge is 0.223 e. The van der Waals surface area contributed by atoms with Gasteiger partial charge < -0.3 is 20.4 Å². The molecular weight excluding hydrogens is 375 g/mol. The minimum Gasteiger partial charge on any atom is -0.380 e. The molecule has 0 spiro atoms. The van der Waals surface area contributed by atoms with Crippen molar-refractivity contribution < 1.29 is 9.53 Å². The number of benzene rings is 1. The van der Waals surface area contributed by atoms with Crippen LogP contribution in [0.25, 0.3) is 0 Å². The fourth-order valence-electron chi connectivity index (χ4n) is 2.53. The highest BCUT2D eigenvalue weighted by Gasteiger charge is 2.12. The molecule has 0 aliphatic rings. The number of aromatic nitrogens is 2. The second-order valence-corrected chi connectivity index (χ2v) is 5.70. The number of imidazole rings is 1. The van der Waals surface area contributed by atoms with Crippen LogP contribution in [0.2, 0.25) is 0 Å². The number of nitrogens with one attached hydrogen (secondary N) is 1. The fraction of sp³-hybridized carbons (Fsp3) is 0.444. The van der Waals surface area contributed by atoms with Crippen LogP contribution in [0.5, 0.6) is 0 Å². The Bertz CT molecular complexity index is 619. The van der Waals surface area contributed by atoms with Crippen molar-refractivity contribution in [2.75, 3.05) is 13.7 Å². The lowest BCUT2D eigenvalue weighted by atomic mass is 10.1. The number of amides is 1. The molecule has 2 rings (SSSR count). The largest absolute Gasteiger partial charge is 0.380 e. The summed E-state index contributed by atoms with van der Waals surface area (Å²) in [7, 11) is 1.56. The summed E-state index contributed by atoms with van der Waals surface area (Å²) in [5.74, 6) is 0.782. The highest BCUT2D eigenvalue weighted by molar-refractivity contribution is 5.85. The number of rotatable bonds is 10. The van der Waals surface area contributed by atoms with Crippen LogP contribution < -0.4 is 11.1 Å². The summed E-state index contributed by atoms with van der Waals surface area (Å²) in [5.41, 5.74) is 6.86. The van der Waals surface area contributed by atoms with Gasteiger partial charge in [-0.05, 0) is 18.4 Å². The van der Waals surface area contributed by atoms with E-state index < -0.39 is 0 Å². The Hall–Kier alpha value is -1.60. The third kappa shape index (κ3) is 8.19. The maximum absolute atomic E-state index is 11.9. The Balaban J connectivity index is 0.00000312. The van der Waals surface area contributed by atoms with Crippen molar-refractivity contribution in [3.8, 4) is 0 Å². The zero-order valence-electron chi connectivity index (χ0n) is 15.0. The van der Waals surface area contributed by atoms with E-state index in [1.165, 1.54) is 5.56 Å². The molecule has 0 aliphatic carbocycles. The van der Waals surface area contributed by atoms with Crippen LogP contribution in [0, 0.1) is 0 Å². The van der Waals surface area contributed by atoms with E-state index in [-0.39, 0.29) is 43.2 Å². The summed E-state index contributed by atoms with van der Waals surface area (Å²) < 4.78 is 7.20. The highest BCUT2D eigenvalue weighted by atomic mass is 35.5. The second kappa shape index (κ2) is 13.6. The number of hydrogen-bond acceptors (Lipinski definition) is 4. The van der Waals surface area contributed by atoms with Crippen molar-refractivity contribution in [2.45, 2.75) is 38.5 Å². The molecule has 26 heavy (non-hydrogen) atoms. The van der Waals surface area contributed by atoms with Gasteiger partial charge in [-0.2, -0.15) is 0 Å². The van der Waals surface area contributed by atoms with E-state index >= 15 is 0 Å². The van der Waals surface area contributed by atoms with Crippen LogP contribution in [0.3, 0.4) is 0 Å². The van der Waals surface area contributed by atoms with Crippen LogP contribution in [0.4, 0.5) is 0 Å². The molecule has 1 heterocycles. The van der Waals surface area contributed by atoms with Gasteiger partial charge in [0.25, 0.3) is 0 Å². The van der Waals surface area contributed by atoms with Crippen molar-refractivity contribution in [1.29, 1.82) is 0 Å². The molecule has 0 fully saturated rings. The first-order valence-corrected chi connectivity index (χ1v) is 8.26. The zero-order chi connectivity index (χ0) is 17.2. The van der Waals surface area contributed by atoms with Crippen LogP contribution in [0.1, 0.15) is 24.2 Å². The summed E-state index contributed by atoms with van der Waals surface area (Å²) in [6, 6.07) is 10.4. The Kier molecular flexibility index (Phi) is 12.7. The van der Waals surface area contributed by atoms with Gasteiger partial charge in [0.2, 0.25) is 5.91 Å². The molecule has 1 atom stereocenters. The van der Waals surface area contributed by atoms with Gasteiger partial charge in [0.15, 0.2) is 0 Å². The van der Waals surface area contributed by atoms with Gasteiger partial charge >= 0.3 is 0 Å². The van der Waals surface area contributed by atoms with Crippen molar-refractivity contribution in [3.05, 3.63) is 54.1 Å². The van der Waals surface area contributed by atoms with E-state index in [0.29, 0.717) is 13.1 Å². The van der Waals surface area contributed by atoms with Crippen LogP contribution in [0.15, 0.2) is 42.7 Å². The van der Waals surface area contributed by atoms with Crippen LogP contribution >= 0.6 is 24.8 Å². The average molecular weight is 403 g/mol. The number of carbonyl (C=O) groups excluding carboxylic acids is 1. The molecular formula is C18H28Cl2N4O2. The molecule has 8 heteroatoms. The predicted molar refractivity (Wildman–Crippen MR) is 108 cm³/mol. The third-order valence-corrected chi connectivity index (χ3v) is 3.96. The van der Waals surface area contributed by atoms with Crippen molar-refractivity contribution in [2.24, 2.45) is 5.73 Å². The van der Waals surface area contributed by atoms with Gasteiger partial charge in [-0.25, -0.2) is 4.98 Å². The lowest BCUT2D eigenvalue weighted by Crippen LogP contribution is -2.32. The average Bonchev–Trinajstić information content (AvgIpc) is 3.06. The number of methoxy groups -OCH3 is 1. The first kappa shape index (κ1) is 24.4. The van der Waals surface area contributed by atoms with E-state index in [2.05, 4.69) is 39.1 Å². The summed E-state index contributed by atoms with van der Waals surface area (Å²) >= 11 is 0. The van der Waals surface area contributed by atoms with E-state index in [1.807, 2.05) is 12.3 Å². The zero-order valence-corrected chi connectivity index (χ0v) is 16.6. The van der Waals surface area contributed by atoms with Gasteiger partial charge in [-0.3, -0.25) is 4.79 Å². The number of halogens is 2. The number of aryl methyl sites for hydroxylation is 2. The molecule has 0 aliphatic heterocycles. The lowest BCUT2D eigenvalue weighted by molar-refractivity contribution is -0.123. The maximum atomic E-state index is 11.9. The molecule has 1 unspecified atom stereocenters. The van der Waals surface area contributed by atoms with Crippen molar-refractivity contribution in [1.82, 2.24) is 14.9 Å². The van der Waals surface area contributed by atoms with Gasteiger partial charge in [0.05, 0.1) is 19.1 Å². The molecule has 0 bridgehead atoms. The number of nitrogens with two attached hydrogens (primary N) is 1. The number of carbonyl (C=O) groups is 1. The molecule has 146 valence electrons. The fourth-order valence-corrected chi connectivity index (χ4v) is 2.53.